The van der Waals surface area contributed by atoms with Gasteiger partial charge in [-0.1, -0.05) is 266 Å². The molecule has 0 bridgehead atoms. The van der Waals surface area contributed by atoms with Crippen LogP contribution in [0.2, 0.25) is 0 Å². The molecule has 0 amide bonds. The van der Waals surface area contributed by atoms with Gasteiger partial charge in [0.2, 0.25) is 0 Å². The highest BCUT2D eigenvalue weighted by molar-refractivity contribution is 5.70. The van der Waals surface area contributed by atoms with Crippen LogP contribution in [0.5, 0.6) is 0 Å². The van der Waals surface area contributed by atoms with Gasteiger partial charge in [-0.2, -0.15) is 0 Å². The summed E-state index contributed by atoms with van der Waals surface area (Å²) in [6, 6.07) is 0. The van der Waals surface area contributed by atoms with E-state index in [-0.39, 0.29) is 11.9 Å². The van der Waals surface area contributed by atoms with E-state index < -0.39 is 5.97 Å². The maximum Gasteiger partial charge on any atom is 0.306 e. The normalized spacial score (nSPS) is 11.9. The number of unbranched alkanes of at least 4 members (excludes halogenated alkanes) is 31. The summed E-state index contributed by atoms with van der Waals surface area (Å²) in [6.45, 7) is 14.3. The van der Waals surface area contributed by atoms with Crippen LogP contribution in [-0.4, -0.2) is 23.7 Å². The summed E-state index contributed by atoms with van der Waals surface area (Å²) in [7, 11) is 0. The van der Waals surface area contributed by atoms with Crippen molar-refractivity contribution in [3.8, 4) is 0 Å². The molecule has 336 valence electrons. The van der Waals surface area contributed by atoms with Crippen molar-refractivity contribution in [3.05, 3.63) is 0 Å². The second kappa shape index (κ2) is 48.3. The third-order valence-corrected chi connectivity index (χ3v) is 11.8. The average Bonchev–Trinajstić information content (AvgIpc) is 3.16. The molecule has 1 atom stereocenters. The largest absolute Gasteiger partial charge is 0.481 e. The molecule has 0 aromatic heterocycles. The molecule has 0 saturated carbocycles. The molecule has 0 fully saturated rings. The van der Waals surface area contributed by atoms with Crippen molar-refractivity contribution < 1.29 is 19.4 Å². The number of carboxylic acids is 1. The van der Waals surface area contributed by atoms with Gasteiger partial charge in [-0.15, -0.1) is 0 Å². The zero-order valence-corrected chi connectivity index (χ0v) is 39.4. The molecule has 0 rings (SSSR count). The molecule has 1 unspecified atom stereocenters. The molecule has 0 aromatic carbocycles. The first-order chi connectivity index (χ1) is 27.2. The Bertz CT molecular complexity index is 760. The Labute approximate surface area is 353 Å². The van der Waals surface area contributed by atoms with Gasteiger partial charge < -0.3 is 9.84 Å². The Balaban J connectivity index is 0. The van der Waals surface area contributed by atoms with Crippen LogP contribution in [0.15, 0.2) is 0 Å². The molecule has 56 heavy (non-hydrogen) atoms. The summed E-state index contributed by atoms with van der Waals surface area (Å²) in [5, 5.41) is 9.45. The first-order valence-electron chi connectivity index (χ1n) is 25.6. The van der Waals surface area contributed by atoms with Gasteiger partial charge in [-0.3, -0.25) is 9.59 Å². The van der Waals surface area contributed by atoms with Gasteiger partial charge in [0.15, 0.2) is 0 Å². The molecule has 0 heterocycles. The zero-order chi connectivity index (χ0) is 41.6. The minimum absolute atomic E-state index is 0.0166. The fraction of sp³-hybridized carbons (Fsp3) is 0.962. The van der Waals surface area contributed by atoms with Crippen molar-refractivity contribution in [2.75, 3.05) is 6.61 Å². The molecule has 0 aromatic rings. The van der Waals surface area contributed by atoms with Gasteiger partial charge in [0.05, 0.1) is 12.5 Å². The second-order valence-electron chi connectivity index (χ2n) is 18.6. The van der Waals surface area contributed by atoms with E-state index in [0.717, 1.165) is 50.4 Å². The summed E-state index contributed by atoms with van der Waals surface area (Å²) in [6.07, 6.45) is 51.0. The van der Waals surface area contributed by atoms with Crippen LogP contribution >= 0.6 is 0 Å². The topological polar surface area (TPSA) is 63.6 Å². The Kier molecular flexibility index (Phi) is 49.2. The SMILES string of the molecule is CCCCCCCCCCCCCCC(CCCCCCCC(C)C)C(=O)O.CCCCCCCCCCCCCCCC(=O)OCCCCCCCC(C)C. The number of aliphatic carboxylic acids is 1. The zero-order valence-electron chi connectivity index (χ0n) is 39.4. The van der Waals surface area contributed by atoms with Crippen molar-refractivity contribution >= 4 is 11.9 Å². The van der Waals surface area contributed by atoms with Gasteiger partial charge in [0.25, 0.3) is 0 Å². The summed E-state index contributed by atoms with van der Waals surface area (Å²) in [5.41, 5.74) is 0. The number of hydrogen-bond acceptors (Lipinski definition) is 3. The molecule has 0 spiro atoms. The molecule has 0 aliphatic heterocycles. The number of rotatable bonds is 44. The quantitative estimate of drug-likeness (QED) is 0.0493. The van der Waals surface area contributed by atoms with Crippen LogP contribution < -0.4 is 0 Å². The smallest absolute Gasteiger partial charge is 0.306 e. The number of esters is 1. The van der Waals surface area contributed by atoms with Gasteiger partial charge in [-0.25, -0.2) is 0 Å². The van der Waals surface area contributed by atoms with Crippen LogP contribution in [0.25, 0.3) is 0 Å². The highest BCUT2D eigenvalue weighted by Crippen LogP contribution is 2.21. The molecule has 4 heteroatoms. The Morgan fingerprint density at radius 2 is 0.643 bits per heavy atom. The number of carbonyl (C=O) groups excluding carboxylic acids is 1. The van der Waals surface area contributed by atoms with E-state index in [9.17, 15) is 14.7 Å². The lowest BCUT2D eigenvalue weighted by molar-refractivity contribution is -0.144. The molecule has 0 aliphatic carbocycles. The predicted molar refractivity (Wildman–Crippen MR) is 248 cm³/mol. The molecule has 0 radical (unpaired) electrons. The summed E-state index contributed by atoms with van der Waals surface area (Å²) in [4.78, 5) is 23.2. The molecular weight excluding hydrogens is 689 g/mol. The lowest BCUT2D eigenvalue weighted by Crippen LogP contribution is -2.13. The molecule has 4 nitrogen and oxygen atoms in total. The van der Waals surface area contributed by atoms with E-state index in [0.29, 0.717) is 13.0 Å². The lowest BCUT2D eigenvalue weighted by Gasteiger charge is -2.12. The molecule has 0 aliphatic rings. The average molecular weight is 793 g/mol. The van der Waals surface area contributed by atoms with Crippen LogP contribution in [0.3, 0.4) is 0 Å². The van der Waals surface area contributed by atoms with Crippen LogP contribution in [0.4, 0.5) is 0 Å². The Morgan fingerprint density at radius 1 is 0.375 bits per heavy atom. The lowest BCUT2D eigenvalue weighted by atomic mass is 9.94. The number of ether oxygens (including phenoxy) is 1. The van der Waals surface area contributed by atoms with Crippen molar-refractivity contribution in [1.82, 2.24) is 0 Å². The van der Waals surface area contributed by atoms with Crippen molar-refractivity contribution in [2.45, 2.75) is 298 Å². The maximum atomic E-state index is 11.7. The number of hydrogen-bond donors (Lipinski definition) is 1. The summed E-state index contributed by atoms with van der Waals surface area (Å²) >= 11 is 0. The Hall–Kier alpha value is -1.06. The minimum Gasteiger partial charge on any atom is -0.481 e. The molecule has 0 saturated heterocycles. The van der Waals surface area contributed by atoms with Gasteiger partial charge >= 0.3 is 11.9 Å². The van der Waals surface area contributed by atoms with Gasteiger partial charge in [0.1, 0.15) is 0 Å². The van der Waals surface area contributed by atoms with Gasteiger partial charge in [-0.05, 0) is 37.5 Å². The third-order valence-electron chi connectivity index (χ3n) is 11.8. The van der Waals surface area contributed by atoms with E-state index >= 15 is 0 Å². The van der Waals surface area contributed by atoms with E-state index in [1.807, 2.05) is 0 Å². The molecule has 1 N–H and O–H groups in total. The fourth-order valence-corrected chi connectivity index (χ4v) is 7.83. The van der Waals surface area contributed by atoms with E-state index in [4.69, 9.17) is 4.74 Å². The predicted octanol–water partition coefficient (Wildman–Crippen LogP) is 18.2. The van der Waals surface area contributed by atoms with Crippen LogP contribution in [0.1, 0.15) is 298 Å². The van der Waals surface area contributed by atoms with E-state index in [1.54, 1.807) is 0 Å². The monoisotopic (exact) mass is 793 g/mol. The van der Waals surface area contributed by atoms with Crippen molar-refractivity contribution in [2.24, 2.45) is 17.8 Å². The highest BCUT2D eigenvalue weighted by Gasteiger charge is 2.16. The number of carboxylic acid groups (broad SMARTS) is 1. The van der Waals surface area contributed by atoms with Gasteiger partial charge in [0, 0.05) is 6.42 Å². The van der Waals surface area contributed by atoms with Crippen molar-refractivity contribution in [3.63, 3.8) is 0 Å². The van der Waals surface area contributed by atoms with Crippen LogP contribution in [-0.2, 0) is 14.3 Å². The first-order valence-corrected chi connectivity index (χ1v) is 25.6. The Morgan fingerprint density at radius 3 is 0.946 bits per heavy atom. The second-order valence-corrected chi connectivity index (χ2v) is 18.6. The maximum absolute atomic E-state index is 11.7. The van der Waals surface area contributed by atoms with E-state index in [2.05, 4.69) is 41.5 Å². The summed E-state index contributed by atoms with van der Waals surface area (Å²) < 4.78 is 5.35. The highest BCUT2D eigenvalue weighted by atomic mass is 16.5. The summed E-state index contributed by atoms with van der Waals surface area (Å²) in [5.74, 6) is 0.988. The third kappa shape index (κ3) is 51.0. The minimum atomic E-state index is -0.567. The van der Waals surface area contributed by atoms with Crippen molar-refractivity contribution in [1.29, 1.82) is 0 Å². The number of carbonyl (C=O) groups is 2. The standard InChI is InChI=1S/2C26H52O2/c1-4-5-6-7-8-9-10-11-12-13-16-19-22-25(26(27)28)23-20-17-14-15-18-21-24(2)3;1-4-5-6-7-8-9-10-11-12-13-14-17-20-23-26(27)28-24-21-18-15-16-19-22-25(2)3/h24-25H,4-23H2,1-3H3,(H,27,28);25H,4-24H2,1-3H3. The van der Waals surface area contributed by atoms with E-state index in [1.165, 1.54) is 212 Å². The molecular formula is C52H104O4. The fourth-order valence-electron chi connectivity index (χ4n) is 7.83. The first kappa shape index (κ1) is 57.0. The van der Waals surface area contributed by atoms with Crippen LogP contribution in [0, 0.1) is 17.8 Å².